The summed E-state index contributed by atoms with van der Waals surface area (Å²) in [6.07, 6.45) is 1.21. The van der Waals surface area contributed by atoms with Crippen molar-refractivity contribution in [2.75, 3.05) is 18.0 Å². The average molecular weight is 232 g/mol. The molecule has 2 nitrogen and oxygen atoms in total. The van der Waals surface area contributed by atoms with E-state index in [0.29, 0.717) is 6.04 Å². The Hall–Kier alpha value is -1.02. The molecule has 94 valence electrons. The molecule has 1 atom stereocenters. The fraction of sp³-hybridized carbons (Fsp3) is 0.600. The van der Waals surface area contributed by atoms with Crippen LogP contribution in [0.5, 0.6) is 0 Å². The first-order chi connectivity index (χ1) is 7.96. The second-order valence-corrected chi connectivity index (χ2v) is 5.98. The Bertz CT molecular complexity index is 384. The SMILES string of the molecule is Cc1cccc(N2CCC(C)NC(C)(C)C2)c1. The molecule has 1 fully saturated rings. The Morgan fingerprint density at radius 1 is 1.35 bits per heavy atom. The first kappa shape index (κ1) is 12.4. The number of benzene rings is 1. The van der Waals surface area contributed by atoms with Crippen LogP contribution in [0.1, 0.15) is 32.8 Å². The van der Waals surface area contributed by atoms with Gasteiger partial charge in [0, 0.05) is 30.4 Å². The standard InChI is InChI=1S/C15H24N2/c1-12-6-5-7-14(10-12)17-9-8-13(2)16-15(3,4)11-17/h5-7,10,13,16H,8-9,11H2,1-4H3. The molecule has 1 aromatic rings. The second kappa shape index (κ2) is 4.69. The molecule has 0 spiro atoms. The van der Waals surface area contributed by atoms with Crippen molar-refractivity contribution in [1.29, 1.82) is 0 Å². The minimum absolute atomic E-state index is 0.180. The molecule has 1 unspecified atom stereocenters. The largest absolute Gasteiger partial charge is 0.370 e. The molecule has 2 heteroatoms. The lowest BCUT2D eigenvalue weighted by Crippen LogP contribution is -2.48. The molecule has 1 heterocycles. The van der Waals surface area contributed by atoms with E-state index in [0.717, 1.165) is 13.1 Å². The molecule has 0 aliphatic carbocycles. The first-order valence-corrected chi connectivity index (χ1v) is 6.56. The average Bonchev–Trinajstić information content (AvgIpc) is 2.36. The number of nitrogens with one attached hydrogen (secondary N) is 1. The van der Waals surface area contributed by atoms with Crippen LogP contribution in [0.3, 0.4) is 0 Å². The zero-order valence-electron chi connectivity index (χ0n) is 11.5. The molecular formula is C15H24N2. The molecule has 0 amide bonds. The number of hydrogen-bond acceptors (Lipinski definition) is 2. The molecule has 1 aliphatic rings. The lowest BCUT2D eigenvalue weighted by atomic mass is 10.0. The quantitative estimate of drug-likeness (QED) is 0.801. The van der Waals surface area contributed by atoms with E-state index >= 15 is 0 Å². The highest BCUT2D eigenvalue weighted by atomic mass is 15.2. The molecule has 1 aliphatic heterocycles. The summed E-state index contributed by atoms with van der Waals surface area (Å²) in [4.78, 5) is 2.50. The number of hydrogen-bond donors (Lipinski definition) is 1. The summed E-state index contributed by atoms with van der Waals surface area (Å²) >= 11 is 0. The van der Waals surface area contributed by atoms with Crippen molar-refractivity contribution in [3.05, 3.63) is 29.8 Å². The van der Waals surface area contributed by atoms with Crippen molar-refractivity contribution >= 4 is 5.69 Å². The highest BCUT2D eigenvalue weighted by molar-refractivity contribution is 5.49. The molecule has 0 saturated carbocycles. The zero-order chi connectivity index (χ0) is 12.5. The van der Waals surface area contributed by atoms with Crippen molar-refractivity contribution in [3.8, 4) is 0 Å². The summed E-state index contributed by atoms with van der Waals surface area (Å²) in [6, 6.07) is 9.41. The molecule has 0 radical (unpaired) electrons. The van der Waals surface area contributed by atoms with Gasteiger partial charge in [-0.1, -0.05) is 12.1 Å². The molecule has 1 aromatic carbocycles. The molecule has 0 aromatic heterocycles. The van der Waals surface area contributed by atoms with E-state index < -0.39 is 0 Å². The maximum Gasteiger partial charge on any atom is 0.0369 e. The topological polar surface area (TPSA) is 15.3 Å². The Morgan fingerprint density at radius 3 is 2.82 bits per heavy atom. The van der Waals surface area contributed by atoms with Crippen molar-refractivity contribution in [2.45, 2.75) is 45.7 Å². The fourth-order valence-electron chi connectivity index (χ4n) is 2.74. The Balaban J connectivity index is 2.20. The Morgan fingerprint density at radius 2 is 2.12 bits per heavy atom. The van der Waals surface area contributed by atoms with Gasteiger partial charge in [0.15, 0.2) is 0 Å². The van der Waals surface area contributed by atoms with Gasteiger partial charge in [-0.05, 0) is 51.8 Å². The van der Waals surface area contributed by atoms with Crippen LogP contribution in [0, 0.1) is 6.92 Å². The third-order valence-electron chi connectivity index (χ3n) is 3.42. The van der Waals surface area contributed by atoms with Gasteiger partial charge < -0.3 is 10.2 Å². The minimum atomic E-state index is 0.180. The van der Waals surface area contributed by atoms with E-state index in [1.807, 2.05) is 0 Å². The smallest absolute Gasteiger partial charge is 0.0369 e. The van der Waals surface area contributed by atoms with E-state index in [1.165, 1.54) is 17.7 Å². The van der Waals surface area contributed by atoms with Crippen LogP contribution in [-0.2, 0) is 0 Å². The zero-order valence-corrected chi connectivity index (χ0v) is 11.5. The van der Waals surface area contributed by atoms with E-state index in [-0.39, 0.29) is 5.54 Å². The Kier molecular flexibility index (Phi) is 3.43. The van der Waals surface area contributed by atoms with Crippen molar-refractivity contribution in [2.24, 2.45) is 0 Å². The van der Waals surface area contributed by atoms with E-state index in [4.69, 9.17) is 0 Å². The maximum atomic E-state index is 3.69. The molecule has 0 bridgehead atoms. The van der Waals surface area contributed by atoms with Crippen molar-refractivity contribution in [1.82, 2.24) is 5.32 Å². The summed E-state index contributed by atoms with van der Waals surface area (Å²) in [5, 5.41) is 3.69. The monoisotopic (exact) mass is 232 g/mol. The minimum Gasteiger partial charge on any atom is -0.370 e. The number of nitrogens with zero attached hydrogens (tertiary/aromatic N) is 1. The predicted octanol–water partition coefficient (Wildman–Crippen LogP) is 2.96. The van der Waals surface area contributed by atoms with Crippen LogP contribution in [0.15, 0.2) is 24.3 Å². The normalized spacial score (nSPS) is 24.5. The van der Waals surface area contributed by atoms with Crippen LogP contribution in [0.4, 0.5) is 5.69 Å². The molecule has 1 saturated heterocycles. The summed E-state index contributed by atoms with van der Waals surface area (Å²) in [5.41, 5.74) is 2.87. The highest BCUT2D eigenvalue weighted by Crippen LogP contribution is 2.22. The first-order valence-electron chi connectivity index (χ1n) is 6.56. The lowest BCUT2D eigenvalue weighted by Gasteiger charge is -2.32. The van der Waals surface area contributed by atoms with Gasteiger partial charge in [-0.15, -0.1) is 0 Å². The van der Waals surface area contributed by atoms with Crippen LogP contribution < -0.4 is 10.2 Å². The van der Waals surface area contributed by atoms with Gasteiger partial charge in [-0.3, -0.25) is 0 Å². The van der Waals surface area contributed by atoms with Gasteiger partial charge in [0.05, 0.1) is 0 Å². The van der Waals surface area contributed by atoms with Gasteiger partial charge in [0.2, 0.25) is 0 Å². The molecule has 17 heavy (non-hydrogen) atoms. The second-order valence-electron chi connectivity index (χ2n) is 5.98. The summed E-state index contributed by atoms with van der Waals surface area (Å²) < 4.78 is 0. The van der Waals surface area contributed by atoms with Gasteiger partial charge in [0.25, 0.3) is 0 Å². The summed E-state index contributed by atoms with van der Waals surface area (Å²) in [6.45, 7) is 11.2. The number of anilines is 1. The maximum absolute atomic E-state index is 3.69. The van der Waals surface area contributed by atoms with Crippen LogP contribution in [-0.4, -0.2) is 24.7 Å². The summed E-state index contributed by atoms with van der Waals surface area (Å²) in [7, 11) is 0. The summed E-state index contributed by atoms with van der Waals surface area (Å²) in [5.74, 6) is 0. The van der Waals surface area contributed by atoms with Crippen molar-refractivity contribution < 1.29 is 0 Å². The van der Waals surface area contributed by atoms with E-state index in [2.05, 4.69) is 62.2 Å². The van der Waals surface area contributed by atoms with Crippen LogP contribution in [0.25, 0.3) is 0 Å². The van der Waals surface area contributed by atoms with E-state index in [1.54, 1.807) is 0 Å². The third-order valence-corrected chi connectivity index (χ3v) is 3.42. The lowest BCUT2D eigenvalue weighted by molar-refractivity contribution is 0.368. The van der Waals surface area contributed by atoms with E-state index in [9.17, 15) is 0 Å². The van der Waals surface area contributed by atoms with Crippen LogP contribution in [0.2, 0.25) is 0 Å². The van der Waals surface area contributed by atoms with Crippen LogP contribution >= 0.6 is 0 Å². The predicted molar refractivity (Wildman–Crippen MR) is 74.7 cm³/mol. The Labute approximate surface area is 105 Å². The highest BCUT2D eigenvalue weighted by Gasteiger charge is 2.27. The molecule has 2 rings (SSSR count). The van der Waals surface area contributed by atoms with Gasteiger partial charge in [-0.25, -0.2) is 0 Å². The van der Waals surface area contributed by atoms with Gasteiger partial charge >= 0.3 is 0 Å². The van der Waals surface area contributed by atoms with Gasteiger partial charge in [0.1, 0.15) is 0 Å². The molecular weight excluding hydrogens is 208 g/mol. The van der Waals surface area contributed by atoms with Gasteiger partial charge in [-0.2, -0.15) is 0 Å². The fourth-order valence-corrected chi connectivity index (χ4v) is 2.74. The number of rotatable bonds is 1. The van der Waals surface area contributed by atoms with Crippen molar-refractivity contribution in [3.63, 3.8) is 0 Å². The number of aryl methyl sites for hydroxylation is 1. The molecule has 1 N–H and O–H groups in total. The third kappa shape index (κ3) is 3.22.